The summed E-state index contributed by atoms with van der Waals surface area (Å²) in [6.45, 7) is 4.39. The summed E-state index contributed by atoms with van der Waals surface area (Å²) < 4.78 is 5.35. The molecule has 0 spiro atoms. The first-order chi connectivity index (χ1) is 8.27. The Morgan fingerprint density at radius 2 is 1.76 bits per heavy atom. The molecule has 2 heteroatoms. The first kappa shape index (κ1) is 14.3. The van der Waals surface area contributed by atoms with Crippen LogP contribution in [0.2, 0.25) is 0 Å². The molecule has 1 aliphatic rings. The fraction of sp³-hybridized carbons (Fsp3) is 0.800. The van der Waals surface area contributed by atoms with E-state index in [9.17, 15) is 4.79 Å². The molecule has 2 nitrogen and oxygen atoms in total. The quantitative estimate of drug-likeness (QED) is 0.440. The highest BCUT2D eigenvalue weighted by Gasteiger charge is 2.24. The Labute approximate surface area is 105 Å². The minimum absolute atomic E-state index is 0.0650. The van der Waals surface area contributed by atoms with Gasteiger partial charge in [-0.15, -0.1) is 0 Å². The Kier molecular flexibility index (Phi) is 6.99. The van der Waals surface area contributed by atoms with Gasteiger partial charge in [0.2, 0.25) is 0 Å². The van der Waals surface area contributed by atoms with Gasteiger partial charge in [0.05, 0.1) is 0 Å². The number of esters is 1. The van der Waals surface area contributed by atoms with Crippen molar-refractivity contribution in [2.24, 2.45) is 0 Å². The first-order valence-electron chi connectivity index (χ1n) is 7.19. The zero-order chi connectivity index (χ0) is 12.5. The molecular weight excluding hydrogens is 212 g/mol. The molecule has 17 heavy (non-hydrogen) atoms. The number of unbranched alkanes of at least 4 members (excludes halogenated alkanes) is 5. The second kappa shape index (κ2) is 8.32. The second-order valence-electron chi connectivity index (χ2n) is 4.94. The van der Waals surface area contributed by atoms with Crippen LogP contribution in [0.4, 0.5) is 0 Å². The molecule has 98 valence electrons. The van der Waals surface area contributed by atoms with Crippen LogP contribution in [-0.2, 0) is 9.53 Å². The Bertz CT molecular complexity index is 256. The zero-order valence-electron chi connectivity index (χ0n) is 11.3. The molecule has 0 aromatic heterocycles. The van der Waals surface area contributed by atoms with Crippen LogP contribution < -0.4 is 0 Å². The van der Waals surface area contributed by atoms with Crippen molar-refractivity contribution in [2.75, 3.05) is 0 Å². The molecule has 0 fully saturated rings. The van der Waals surface area contributed by atoms with Gasteiger partial charge in [0, 0.05) is 5.57 Å². The van der Waals surface area contributed by atoms with Crippen LogP contribution in [0.3, 0.4) is 0 Å². The summed E-state index contributed by atoms with van der Waals surface area (Å²) in [6.07, 6.45) is 12.5. The maximum absolute atomic E-state index is 11.6. The van der Waals surface area contributed by atoms with Crippen LogP contribution in [-0.4, -0.2) is 12.1 Å². The number of hydrogen-bond donors (Lipinski definition) is 0. The zero-order valence-corrected chi connectivity index (χ0v) is 11.3. The van der Waals surface area contributed by atoms with Gasteiger partial charge in [-0.3, -0.25) is 0 Å². The molecule has 0 amide bonds. The molecule has 1 heterocycles. The van der Waals surface area contributed by atoms with Gasteiger partial charge in [-0.25, -0.2) is 4.79 Å². The number of ether oxygens (including phenoxy) is 1. The van der Waals surface area contributed by atoms with E-state index in [2.05, 4.69) is 19.9 Å². The second-order valence-corrected chi connectivity index (χ2v) is 4.94. The van der Waals surface area contributed by atoms with E-state index in [1.807, 2.05) is 0 Å². The van der Waals surface area contributed by atoms with Crippen LogP contribution in [0.25, 0.3) is 0 Å². The van der Waals surface area contributed by atoms with Crippen molar-refractivity contribution in [3.05, 3.63) is 11.6 Å². The highest BCUT2D eigenvalue weighted by atomic mass is 16.5. The fourth-order valence-corrected chi connectivity index (χ4v) is 2.21. The summed E-state index contributed by atoms with van der Waals surface area (Å²) in [6, 6.07) is 0. The molecule has 0 bridgehead atoms. The van der Waals surface area contributed by atoms with Gasteiger partial charge < -0.3 is 4.74 Å². The fourth-order valence-electron chi connectivity index (χ4n) is 2.21. The number of cyclic esters (lactones) is 1. The van der Waals surface area contributed by atoms with Crippen molar-refractivity contribution in [2.45, 2.75) is 77.7 Å². The van der Waals surface area contributed by atoms with E-state index < -0.39 is 0 Å². The third-order valence-corrected chi connectivity index (χ3v) is 3.30. The summed E-state index contributed by atoms with van der Waals surface area (Å²) in [4.78, 5) is 11.6. The summed E-state index contributed by atoms with van der Waals surface area (Å²) >= 11 is 0. The van der Waals surface area contributed by atoms with Gasteiger partial charge in [-0.1, -0.05) is 46.0 Å². The van der Waals surface area contributed by atoms with Crippen LogP contribution >= 0.6 is 0 Å². The van der Waals surface area contributed by atoms with Crippen molar-refractivity contribution in [3.8, 4) is 0 Å². The highest BCUT2D eigenvalue weighted by Crippen LogP contribution is 2.22. The van der Waals surface area contributed by atoms with E-state index in [1.54, 1.807) is 0 Å². The van der Waals surface area contributed by atoms with Crippen molar-refractivity contribution >= 4 is 5.97 Å². The molecule has 1 aliphatic heterocycles. The van der Waals surface area contributed by atoms with Gasteiger partial charge in [0.15, 0.2) is 0 Å². The van der Waals surface area contributed by atoms with E-state index >= 15 is 0 Å². The maximum atomic E-state index is 11.6. The summed E-state index contributed by atoms with van der Waals surface area (Å²) in [7, 11) is 0. The standard InChI is InChI=1S/C15H26O2/c1-3-5-7-9-10-13-12-14(17-15(13)16)11-8-6-4-2/h12,14H,3-11H2,1-2H3. The molecule has 0 saturated carbocycles. The van der Waals surface area contributed by atoms with E-state index in [1.165, 1.54) is 32.1 Å². The third-order valence-electron chi connectivity index (χ3n) is 3.30. The van der Waals surface area contributed by atoms with E-state index in [0.717, 1.165) is 31.3 Å². The van der Waals surface area contributed by atoms with Crippen molar-refractivity contribution in [1.82, 2.24) is 0 Å². The molecule has 0 aromatic rings. The smallest absolute Gasteiger partial charge is 0.334 e. The number of hydrogen-bond acceptors (Lipinski definition) is 2. The lowest BCUT2D eigenvalue weighted by molar-refractivity contribution is -0.140. The Hall–Kier alpha value is -0.790. The van der Waals surface area contributed by atoms with E-state index in [0.29, 0.717) is 0 Å². The van der Waals surface area contributed by atoms with E-state index in [4.69, 9.17) is 4.74 Å². The van der Waals surface area contributed by atoms with Gasteiger partial charge in [0.1, 0.15) is 6.10 Å². The molecule has 1 unspecified atom stereocenters. The normalized spacial score (nSPS) is 19.3. The first-order valence-corrected chi connectivity index (χ1v) is 7.19. The van der Waals surface area contributed by atoms with Gasteiger partial charge >= 0.3 is 5.97 Å². The van der Waals surface area contributed by atoms with Gasteiger partial charge in [0.25, 0.3) is 0 Å². The van der Waals surface area contributed by atoms with Crippen LogP contribution in [0.15, 0.2) is 11.6 Å². The molecule has 1 atom stereocenters. The monoisotopic (exact) mass is 238 g/mol. The predicted molar refractivity (Wildman–Crippen MR) is 70.9 cm³/mol. The largest absolute Gasteiger partial charge is 0.455 e. The number of carbonyl (C=O) groups excluding carboxylic acids is 1. The van der Waals surface area contributed by atoms with Crippen molar-refractivity contribution in [1.29, 1.82) is 0 Å². The van der Waals surface area contributed by atoms with Crippen molar-refractivity contribution < 1.29 is 9.53 Å². The average Bonchev–Trinajstić information content (AvgIpc) is 2.66. The third kappa shape index (κ3) is 5.38. The summed E-state index contributed by atoms with van der Waals surface area (Å²) in [5.41, 5.74) is 0.919. The lowest BCUT2D eigenvalue weighted by Crippen LogP contribution is -2.08. The van der Waals surface area contributed by atoms with Gasteiger partial charge in [-0.2, -0.15) is 0 Å². The Morgan fingerprint density at radius 1 is 1.06 bits per heavy atom. The predicted octanol–water partition coefficient (Wildman–Crippen LogP) is 4.39. The van der Waals surface area contributed by atoms with Crippen LogP contribution in [0.1, 0.15) is 71.6 Å². The molecule has 0 radical (unpaired) electrons. The molecule has 0 aliphatic carbocycles. The minimum Gasteiger partial charge on any atom is -0.455 e. The Balaban J connectivity index is 2.23. The van der Waals surface area contributed by atoms with Gasteiger partial charge in [-0.05, 0) is 31.8 Å². The minimum atomic E-state index is -0.0667. The molecule has 1 rings (SSSR count). The average molecular weight is 238 g/mol. The van der Waals surface area contributed by atoms with Crippen molar-refractivity contribution in [3.63, 3.8) is 0 Å². The lowest BCUT2D eigenvalue weighted by Gasteiger charge is -2.06. The molecular formula is C15H26O2. The Morgan fingerprint density at radius 3 is 2.47 bits per heavy atom. The SMILES string of the molecule is CCCCCCC1=CC(CCCCC)OC1=O. The number of rotatable bonds is 9. The summed E-state index contributed by atoms with van der Waals surface area (Å²) in [5, 5.41) is 0. The topological polar surface area (TPSA) is 26.3 Å². The molecule has 0 N–H and O–H groups in total. The molecule has 0 aromatic carbocycles. The lowest BCUT2D eigenvalue weighted by atomic mass is 10.0. The number of carbonyl (C=O) groups is 1. The maximum Gasteiger partial charge on any atom is 0.334 e. The molecule has 0 saturated heterocycles. The van der Waals surface area contributed by atoms with Crippen LogP contribution in [0.5, 0.6) is 0 Å². The summed E-state index contributed by atoms with van der Waals surface area (Å²) in [5.74, 6) is -0.0667. The van der Waals surface area contributed by atoms with E-state index in [-0.39, 0.29) is 12.1 Å². The van der Waals surface area contributed by atoms with Crippen LogP contribution in [0, 0.1) is 0 Å². The highest BCUT2D eigenvalue weighted by molar-refractivity contribution is 5.90.